The number of ether oxygens (including phenoxy) is 3. The SMILES string of the molecule is CC[C@H](C)[C@@H]([C@@H](CC(=O)N1CCC[C@H]1[C@H](OC)[C@@](C)(C=O)CN[C@@H](Cc1ccccc1)C(=O)OC)OC)N(C)C(=O)[C@@H](NC(=O)[C@H](C(C)C)N(C)Cc1cccc(N)c1)C(C)C. The highest BCUT2D eigenvalue weighted by Crippen LogP contribution is 2.34. The van der Waals surface area contributed by atoms with Crippen LogP contribution in [0.15, 0.2) is 54.6 Å². The van der Waals surface area contributed by atoms with Crippen molar-refractivity contribution < 1.29 is 38.2 Å². The fourth-order valence-corrected chi connectivity index (χ4v) is 9.15. The Balaban J connectivity index is 1.82. The summed E-state index contributed by atoms with van der Waals surface area (Å²) >= 11 is 0. The van der Waals surface area contributed by atoms with Gasteiger partial charge in [-0.2, -0.15) is 0 Å². The number of likely N-dealkylation sites (N-methyl/N-ethyl adjacent to an activating group) is 2. The van der Waals surface area contributed by atoms with Gasteiger partial charge in [0.2, 0.25) is 17.7 Å². The van der Waals surface area contributed by atoms with E-state index >= 15 is 0 Å². The molecule has 0 bridgehead atoms. The second-order valence-corrected chi connectivity index (χ2v) is 18.1. The van der Waals surface area contributed by atoms with Crippen molar-refractivity contribution >= 4 is 35.7 Å². The van der Waals surface area contributed by atoms with E-state index < -0.39 is 53.8 Å². The van der Waals surface area contributed by atoms with Crippen LogP contribution in [0.4, 0.5) is 5.69 Å². The zero-order chi connectivity index (χ0) is 46.3. The van der Waals surface area contributed by atoms with Crippen LogP contribution in [0, 0.1) is 23.2 Å². The lowest BCUT2D eigenvalue weighted by molar-refractivity contribution is -0.149. The molecule has 0 aliphatic carbocycles. The summed E-state index contributed by atoms with van der Waals surface area (Å²) in [5, 5.41) is 6.38. The standard InChI is InChI=1S/C48H76N6O8/c1-13-33(6)43(53(9)46(58)41(31(2)3)51-45(57)42(32(4)5)52(8)28-35-21-17-22-36(49)25-35)39(60-10)27-40(56)54-24-18-23-38(54)44(61-11)48(7,30-55)29-50-37(47(59)62-12)26-34-19-15-14-16-20-34/h14-17,19-22,25,30-33,37-39,41-44,50H,13,18,23-24,26-29,49H2,1-12H3,(H,51,57)/t33-,37-,38-,39+,41-,42-,43-,44-,48+/m0/s1. The van der Waals surface area contributed by atoms with Crippen molar-refractivity contribution in [2.45, 2.75) is 130 Å². The van der Waals surface area contributed by atoms with E-state index in [2.05, 4.69) is 10.6 Å². The smallest absolute Gasteiger partial charge is 0.323 e. The number of nitrogens with two attached hydrogens (primary N) is 1. The van der Waals surface area contributed by atoms with E-state index in [1.807, 2.05) is 108 Å². The molecular formula is C48H76N6O8. The fraction of sp³-hybridized carbons (Fsp3) is 0.646. The first-order valence-electron chi connectivity index (χ1n) is 22.2. The summed E-state index contributed by atoms with van der Waals surface area (Å²) in [6, 6.07) is 14.2. The van der Waals surface area contributed by atoms with E-state index in [0.717, 1.165) is 17.4 Å². The third kappa shape index (κ3) is 13.6. The van der Waals surface area contributed by atoms with Crippen molar-refractivity contribution in [3.8, 4) is 0 Å². The van der Waals surface area contributed by atoms with Crippen molar-refractivity contribution in [2.75, 3.05) is 54.2 Å². The molecule has 0 unspecified atom stereocenters. The highest BCUT2D eigenvalue weighted by molar-refractivity contribution is 5.90. The molecule has 1 aliphatic rings. The van der Waals surface area contributed by atoms with Gasteiger partial charge < -0.3 is 45.2 Å². The molecule has 1 fully saturated rings. The van der Waals surface area contributed by atoms with Gasteiger partial charge in [0, 0.05) is 46.6 Å². The Kier molecular flexibility index (Phi) is 20.5. The summed E-state index contributed by atoms with van der Waals surface area (Å²) in [4.78, 5) is 74.3. The number of anilines is 1. The van der Waals surface area contributed by atoms with E-state index in [1.54, 1.807) is 30.9 Å². The van der Waals surface area contributed by atoms with Crippen LogP contribution in [0.1, 0.15) is 85.3 Å². The summed E-state index contributed by atoms with van der Waals surface area (Å²) in [6.07, 6.45) is 1.85. The van der Waals surface area contributed by atoms with Gasteiger partial charge in [-0.1, -0.05) is 90.4 Å². The number of benzene rings is 2. The van der Waals surface area contributed by atoms with Crippen LogP contribution in [0.3, 0.4) is 0 Å². The third-order valence-electron chi connectivity index (χ3n) is 12.7. The van der Waals surface area contributed by atoms with Gasteiger partial charge in [-0.15, -0.1) is 0 Å². The summed E-state index contributed by atoms with van der Waals surface area (Å²) in [7, 11) is 8.05. The molecule has 62 heavy (non-hydrogen) atoms. The van der Waals surface area contributed by atoms with E-state index in [-0.39, 0.29) is 48.4 Å². The van der Waals surface area contributed by atoms with Crippen LogP contribution in [0.2, 0.25) is 0 Å². The van der Waals surface area contributed by atoms with E-state index in [1.165, 1.54) is 14.2 Å². The number of amides is 3. The molecule has 0 aromatic heterocycles. The van der Waals surface area contributed by atoms with Gasteiger partial charge in [-0.25, -0.2) is 0 Å². The van der Waals surface area contributed by atoms with Crippen molar-refractivity contribution in [3.05, 3.63) is 65.7 Å². The molecule has 9 atom stereocenters. The number of methoxy groups -OCH3 is 3. The average molecular weight is 865 g/mol. The molecule has 3 rings (SSSR count). The minimum Gasteiger partial charge on any atom is -0.468 e. The van der Waals surface area contributed by atoms with Crippen LogP contribution >= 0.6 is 0 Å². The van der Waals surface area contributed by atoms with E-state index in [4.69, 9.17) is 19.9 Å². The second kappa shape index (κ2) is 24.5. The van der Waals surface area contributed by atoms with Crippen LogP contribution in [-0.4, -0.2) is 136 Å². The number of aldehydes is 1. The highest BCUT2D eigenvalue weighted by Gasteiger charge is 2.47. The quantitative estimate of drug-likeness (QED) is 0.0716. The van der Waals surface area contributed by atoms with Gasteiger partial charge in [0.05, 0.1) is 49.3 Å². The van der Waals surface area contributed by atoms with Crippen LogP contribution in [-0.2, 0) is 51.1 Å². The predicted octanol–water partition coefficient (Wildman–Crippen LogP) is 4.73. The Morgan fingerprint density at radius 3 is 2.16 bits per heavy atom. The molecule has 1 aliphatic heterocycles. The maximum Gasteiger partial charge on any atom is 0.323 e. The number of nitrogens with one attached hydrogen (secondary N) is 2. The molecule has 1 heterocycles. The van der Waals surface area contributed by atoms with Gasteiger partial charge >= 0.3 is 5.97 Å². The lowest BCUT2D eigenvalue weighted by atomic mass is 9.80. The molecule has 14 heteroatoms. The molecule has 0 spiro atoms. The summed E-state index contributed by atoms with van der Waals surface area (Å²) in [6.45, 7) is 14.7. The molecule has 0 saturated carbocycles. The molecule has 0 radical (unpaired) electrons. The van der Waals surface area contributed by atoms with Crippen LogP contribution < -0.4 is 16.4 Å². The summed E-state index contributed by atoms with van der Waals surface area (Å²) in [5.74, 6) is -1.49. The van der Waals surface area contributed by atoms with Gasteiger partial charge in [0.1, 0.15) is 18.4 Å². The highest BCUT2D eigenvalue weighted by atomic mass is 16.5. The van der Waals surface area contributed by atoms with Gasteiger partial charge in [-0.05, 0) is 74.2 Å². The number of rotatable bonds is 25. The Hall–Kier alpha value is -4.37. The number of hydrogen-bond donors (Lipinski definition) is 3. The zero-order valence-corrected chi connectivity index (χ0v) is 39.4. The number of esters is 1. The second-order valence-electron chi connectivity index (χ2n) is 18.1. The lowest BCUT2D eigenvalue weighted by Gasteiger charge is -2.42. The zero-order valence-electron chi connectivity index (χ0n) is 39.4. The summed E-state index contributed by atoms with van der Waals surface area (Å²) < 4.78 is 17.3. The van der Waals surface area contributed by atoms with Crippen molar-refractivity contribution in [3.63, 3.8) is 0 Å². The van der Waals surface area contributed by atoms with Crippen molar-refractivity contribution in [2.24, 2.45) is 23.2 Å². The normalized spacial score (nSPS) is 18.6. The molecule has 346 valence electrons. The number of carbonyl (C=O) groups excluding carboxylic acids is 5. The first-order valence-corrected chi connectivity index (χ1v) is 22.2. The molecule has 4 N–H and O–H groups in total. The molecular weight excluding hydrogens is 789 g/mol. The first-order chi connectivity index (χ1) is 29.4. The molecule has 3 amide bonds. The monoisotopic (exact) mass is 865 g/mol. The number of hydrogen-bond acceptors (Lipinski definition) is 11. The third-order valence-corrected chi connectivity index (χ3v) is 12.7. The van der Waals surface area contributed by atoms with Crippen LogP contribution in [0.5, 0.6) is 0 Å². The Bertz CT molecular complexity index is 1740. The topological polar surface area (TPSA) is 173 Å². The number of carbonyl (C=O) groups is 5. The Morgan fingerprint density at radius 1 is 0.952 bits per heavy atom. The maximum atomic E-state index is 14.6. The molecule has 14 nitrogen and oxygen atoms in total. The average Bonchev–Trinajstić information content (AvgIpc) is 3.73. The van der Waals surface area contributed by atoms with Gasteiger partial charge in [0.25, 0.3) is 0 Å². The van der Waals surface area contributed by atoms with Gasteiger partial charge in [-0.3, -0.25) is 24.1 Å². The first kappa shape index (κ1) is 52.0. The van der Waals surface area contributed by atoms with E-state index in [9.17, 15) is 24.0 Å². The minimum atomic E-state index is -1.12. The molecule has 1 saturated heterocycles. The predicted molar refractivity (Wildman–Crippen MR) is 243 cm³/mol. The Morgan fingerprint density at radius 2 is 1.61 bits per heavy atom. The molecule has 2 aromatic carbocycles. The lowest BCUT2D eigenvalue weighted by Crippen LogP contribution is -2.60. The van der Waals surface area contributed by atoms with E-state index in [0.29, 0.717) is 44.5 Å². The minimum absolute atomic E-state index is 0.0173. The maximum absolute atomic E-state index is 14.6. The van der Waals surface area contributed by atoms with Gasteiger partial charge in [0.15, 0.2) is 0 Å². The fourth-order valence-electron chi connectivity index (χ4n) is 9.15. The number of nitrogen functional groups attached to an aromatic ring is 1. The molecule has 2 aromatic rings. The largest absolute Gasteiger partial charge is 0.468 e. The van der Waals surface area contributed by atoms with Crippen LogP contribution in [0.25, 0.3) is 0 Å². The number of nitrogens with zero attached hydrogens (tertiary/aromatic N) is 3. The Labute approximate surface area is 370 Å². The summed E-state index contributed by atoms with van der Waals surface area (Å²) in [5.41, 5.74) is 7.48. The van der Waals surface area contributed by atoms with Crippen molar-refractivity contribution in [1.82, 2.24) is 25.3 Å². The van der Waals surface area contributed by atoms with Crippen molar-refractivity contribution in [1.29, 1.82) is 0 Å². The number of likely N-dealkylation sites (tertiary alicyclic amines) is 1.